The number of pyridine rings is 1. The number of H-pyrrole nitrogens is 1. The molecule has 1 N–H and O–H groups in total. The monoisotopic (exact) mass is 594 g/mol. The molecule has 0 unspecified atom stereocenters. The van der Waals surface area contributed by atoms with E-state index in [1.807, 2.05) is 36.4 Å². The van der Waals surface area contributed by atoms with Crippen molar-refractivity contribution < 1.29 is 18.4 Å². The number of benzene rings is 2. The summed E-state index contributed by atoms with van der Waals surface area (Å²) in [6, 6.07) is 19.4. The Morgan fingerprint density at radius 2 is 1.93 bits per heavy atom. The van der Waals surface area contributed by atoms with Crippen molar-refractivity contribution in [2.45, 2.75) is 51.0 Å². The molecule has 0 spiro atoms. The third kappa shape index (κ3) is 5.86. The number of aromatic amines is 1. The van der Waals surface area contributed by atoms with Gasteiger partial charge in [0, 0.05) is 35.4 Å². The molecule has 5 aromatic rings. The molecular formula is C33H31FN6O4. The van der Waals surface area contributed by atoms with Crippen LogP contribution >= 0.6 is 0 Å². The Morgan fingerprint density at radius 1 is 1.07 bits per heavy atom. The lowest BCUT2D eigenvalue weighted by atomic mass is 9.93. The van der Waals surface area contributed by atoms with Crippen molar-refractivity contribution in [1.29, 1.82) is 5.26 Å². The number of nitrogens with zero attached hydrogens (tertiary/aromatic N) is 5. The summed E-state index contributed by atoms with van der Waals surface area (Å²) in [6.45, 7) is 4.07. The molecule has 0 radical (unpaired) electrons. The van der Waals surface area contributed by atoms with E-state index in [9.17, 15) is 9.18 Å². The van der Waals surface area contributed by atoms with Gasteiger partial charge in [0.15, 0.2) is 5.76 Å². The van der Waals surface area contributed by atoms with Crippen LogP contribution in [0.15, 0.2) is 70.0 Å². The number of aromatic nitrogens is 4. The minimum absolute atomic E-state index is 0.0421. The fourth-order valence-electron chi connectivity index (χ4n) is 5.92. The largest absolute Gasteiger partial charge is 0.473 e. The minimum atomic E-state index is -0.462. The molecule has 5 heterocycles. The molecule has 44 heavy (non-hydrogen) atoms. The van der Waals surface area contributed by atoms with Crippen LogP contribution in [0.5, 0.6) is 5.88 Å². The molecule has 10 nitrogen and oxygen atoms in total. The molecular weight excluding hydrogens is 563 g/mol. The molecule has 0 amide bonds. The first-order valence-corrected chi connectivity index (χ1v) is 14.8. The quantitative estimate of drug-likeness (QED) is 0.249. The van der Waals surface area contributed by atoms with Crippen molar-refractivity contribution in [2.75, 3.05) is 19.7 Å². The molecule has 0 saturated carbocycles. The molecule has 2 aliphatic rings. The standard InChI is InChI=1S/C33H31FN6O4/c34-26-14-21(17-35)4-5-24(26)20-43-33-3-1-2-27(37-33)22-8-11-39(12-9-22)19-31-36-28-7-6-23(30-16-32(41)38-44-30)15-29(28)40(31)18-25-10-13-42-25/h1-7,14-16,22,25H,8-13,18-20H2,(H,38,41)/t25-/m0/s1. The van der Waals surface area contributed by atoms with Gasteiger partial charge in [-0.15, -0.1) is 0 Å². The number of ether oxygens (including phenoxy) is 2. The van der Waals surface area contributed by atoms with E-state index in [1.54, 1.807) is 18.2 Å². The molecule has 2 saturated heterocycles. The van der Waals surface area contributed by atoms with Crippen LogP contribution in [0, 0.1) is 17.1 Å². The number of fused-ring (bicyclic) bond motifs is 1. The van der Waals surface area contributed by atoms with Crippen LogP contribution in [0.3, 0.4) is 0 Å². The van der Waals surface area contributed by atoms with Crippen LogP contribution in [0.1, 0.15) is 47.8 Å². The predicted octanol–water partition coefficient (Wildman–Crippen LogP) is 5.14. The van der Waals surface area contributed by atoms with E-state index in [1.165, 1.54) is 12.1 Å². The summed E-state index contributed by atoms with van der Waals surface area (Å²) in [5, 5.41) is 11.3. The first kappa shape index (κ1) is 28.0. The topological polar surface area (TPSA) is 122 Å². The second-order valence-corrected chi connectivity index (χ2v) is 11.4. The van der Waals surface area contributed by atoms with Crippen LogP contribution < -0.4 is 10.3 Å². The number of halogens is 1. The number of rotatable bonds is 9. The average molecular weight is 595 g/mol. The van der Waals surface area contributed by atoms with Crippen LogP contribution in [0.25, 0.3) is 22.4 Å². The van der Waals surface area contributed by atoms with E-state index in [0.29, 0.717) is 23.1 Å². The zero-order chi connectivity index (χ0) is 30.0. The number of imidazole rings is 1. The first-order valence-electron chi connectivity index (χ1n) is 14.8. The summed E-state index contributed by atoms with van der Waals surface area (Å²) in [7, 11) is 0. The highest BCUT2D eigenvalue weighted by atomic mass is 19.1. The number of hydrogen-bond donors (Lipinski definition) is 1. The van der Waals surface area contributed by atoms with Crippen molar-refractivity contribution in [3.05, 3.63) is 99.5 Å². The minimum Gasteiger partial charge on any atom is -0.473 e. The summed E-state index contributed by atoms with van der Waals surface area (Å²) >= 11 is 0. The lowest BCUT2D eigenvalue weighted by Crippen LogP contribution is -2.35. The van der Waals surface area contributed by atoms with Gasteiger partial charge in [-0.1, -0.05) is 12.1 Å². The van der Waals surface area contributed by atoms with E-state index in [4.69, 9.17) is 29.2 Å². The summed E-state index contributed by atoms with van der Waals surface area (Å²) in [5.74, 6) is 1.78. The molecule has 0 aliphatic carbocycles. The Morgan fingerprint density at radius 3 is 2.66 bits per heavy atom. The number of nitrogens with one attached hydrogen (secondary N) is 1. The number of nitriles is 1. The zero-order valence-electron chi connectivity index (χ0n) is 24.0. The Labute approximate surface area is 252 Å². The van der Waals surface area contributed by atoms with E-state index >= 15 is 0 Å². The third-order valence-corrected chi connectivity index (χ3v) is 8.49. The van der Waals surface area contributed by atoms with Crippen LogP contribution in [-0.2, 0) is 24.4 Å². The van der Waals surface area contributed by atoms with E-state index < -0.39 is 5.82 Å². The molecule has 224 valence electrons. The lowest BCUT2D eigenvalue weighted by molar-refractivity contribution is -0.0592. The fourth-order valence-corrected chi connectivity index (χ4v) is 5.92. The Hall–Kier alpha value is -4.79. The highest BCUT2D eigenvalue weighted by Crippen LogP contribution is 2.31. The normalized spacial score (nSPS) is 17.4. The summed E-state index contributed by atoms with van der Waals surface area (Å²) in [5.41, 5.74) is 4.08. The SMILES string of the molecule is N#Cc1ccc(COc2cccc(C3CCN(Cc4nc5ccc(-c6cc(=O)[nH]o6)cc5n4C[C@@H]4CCO4)CC3)n2)c(F)c1. The molecule has 2 aromatic carbocycles. The number of piperidine rings is 1. The molecule has 2 fully saturated rings. The second kappa shape index (κ2) is 12.1. The van der Waals surface area contributed by atoms with Crippen LogP contribution in [-0.4, -0.2) is 50.4 Å². The van der Waals surface area contributed by atoms with E-state index in [-0.39, 0.29) is 23.8 Å². The van der Waals surface area contributed by atoms with Crippen LogP contribution in [0.2, 0.25) is 0 Å². The van der Waals surface area contributed by atoms with Crippen molar-refractivity contribution in [3.8, 4) is 23.3 Å². The summed E-state index contributed by atoms with van der Waals surface area (Å²) in [6.07, 6.45) is 3.08. The lowest BCUT2D eigenvalue weighted by Gasteiger charge is -2.32. The number of likely N-dealkylation sites (tertiary alicyclic amines) is 1. The maximum Gasteiger partial charge on any atom is 0.280 e. The number of hydrogen-bond acceptors (Lipinski definition) is 8. The van der Waals surface area contributed by atoms with Gasteiger partial charge in [0.25, 0.3) is 5.56 Å². The molecule has 3 aromatic heterocycles. The van der Waals surface area contributed by atoms with Crippen molar-refractivity contribution >= 4 is 11.0 Å². The maximum atomic E-state index is 14.3. The molecule has 11 heteroatoms. The van der Waals surface area contributed by atoms with Crippen molar-refractivity contribution in [2.24, 2.45) is 0 Å². The Kier molecular flexibility index (Phi) is 7.68. The van der Waals surface area contributed by atoms with Gasteiger partial charge in [-0.3, -0.25) is 9.69 Å². The zero-order valence-corrected chi connectivity index (χ0v) is 24.0. The van der Waals surface area contributed by atoms with Gasteiger partial charge in [-0.25, -0.2) is 14.4 Å². The van der Waals surface area contributed by atoms with Gasteiger partial charge in [-0.2, -0.15) is 10.4 Å². The predicted molar refractivity (Wildman–Crippen MR) is 159 cm³/mol. The summed E-state index contributed by atoms with van der Waals surface area (Å²) in [4.78, 5) is 23.8. The van der Waals surface area contributed by atoms with Gasteiger partial charge >= 0.3 is 0 Å². The second-order valence-electron chi connectivity index (χ2n) is 11.4. The highest BCUT2D eigenvalue weighted by Gasteiger charge is 2.26. The highest BCUT2D eigenvalue weighted by molar-refractivity contribution is 5.81. The maximum absolute atomic E-state index is 14.3. The van der Waals surface area contributed by atoms with E-state index in [2.05, 4.69) is 14.6 Å². The van der Waals surface area contributed by atoms with E-state index in [0.717, 1.165) is 80.2 Å². The Balaban J connectivity index is 1.02. The fraction of sp³-hybridized carbons (Fsp3) is 0.333. The van der Waals surface area contributed by atoms with Crippen LogP contribution in [0.4, 0.5) is 4.39 Å². The van der Waals surface area contributed by atoms with Gasteiger partial charge in [0.1, 0.15) is 18.2 Å². The smallest absolute Gasteiger partial charge is 0.280 e. The molecule has 1 atom stereocenters. The molecule has 7 rings (SSSR count). The molecule has 2 aliphatic heterocycles. The Bertz CT molecular complexity index is 1890. The third-order valence-electron chi connectivity index (χ3n) is 8.49. The van der Waals surface area contributed by atoms with Gasteiger partial charge in [0.05, 0.1) is 47.9 Å². The van der Waals surface area contributed by atoms with Crippen molar-refractivity contribution in [3.63, 3.8) is 0 Å². The van der Waals surface area contributed by atoms with Gasteiger partial charge in [0.2, 0.25) is 5.88 Å². The van der Waals surface area contributed by atoms with Crippen molar-refractivity contribution in [1.82, 2.24) is 24.6 Å². The first-order chi connectivity index (χ1) is 21.5. The van der Waals surface area contributed by atoms with Gasteiger partial charge < -0.3 is 18.6 Å². The van der Waals surface area contributed by atoms with Gasteiger partial charge in [-0.05, 0) is 68.8 Å². The average Bonchev–Trinajstić information content (AvgIpc) is 3.61. The summed E-state index contributed by atoms with van der Waals surface area (Å²) < 4.78 is 33.5. The molecule has 0 bridgehead atoms.